The summed E-state index contributed by atoms with van der Waals surface area (Å²) < 4.78 is 5.26. The minimum atomic E-state index is 0.535. The second kappa shape index (κ2) is 5.03. The summed E-state index contributed by atoms with van der Waals surface area (Å²) in [6, 6.07) is 7.51. The number of hydrogen-bond acceptors (Lipinski definition) is 6. The highest BCUT2D eigenvalue weighted by atomic mass is 16.3. The molecule has 3 aromatic rings. The van der Waals surface area contributed by atoms with Gasteiger partial charge in [-0.2, -0.15) is 0 Å². The molecule has 3 N–H and O–H groups in total. The van der Waals surface area contributed by atoms with Crippen LogP contribution in [0.1, 0.15) is 5.82 Å². The third-order valence-corrected chi connectivity index (χ3v) is 2.68. The maximum atomic E-state index is 5.49. The van der Waals surface area contributed by atoms with Crippen LogP contribution in [0, 0.1) is 0 Å². The average Bonchev–Trinajstić information content (AvgIpc) is 2.87. The van der Waals surface area contributed by atoms with Crippen LogP contribution < -0.4 is 11.1 Å². The second-order valence-corrected chi connectivity index (χ2v) is 4.06. The van der Waals surface area contributed by atoms with Crippen molar-refractivity contribution in [2.75, 3.05) is 11.9 Å². The highest BCUT2D eigenvalue weighted by molar-refractivity contribution is 5.77. The molecule has 0 bridgehead atoms. The Morgan fingerprint density at radius 1 is 1.21 bits per heavy atom. The molecule has 0 amide bonds. The largest absolute Gasteiger partial charge is 0.443 e. The Hall–Kier alpha value is -2.47. The number of rotatable bonds is 4. The van der Waals surface area contributed by atoms with Crippen molar-refractivity contribution in [3.05, 3.63) is 42.7 Å². The van der Waals surface area contributed by atoms with E-state index in [1.807, 2.05) is 24.3 Å². The molecule has 0 saturated heterocycles. The summed E-state index contributed by atoms with van der Waals surface area (Å²) in [5, 5.41) is 3.20. The van der Waals surface area contributed by atoms with Gasteiger partial charge >= 0.3 is 0 Å². The number of fused-ring (bicyclic) bond motifs is 1. The smallest absolute Gasteiger partial charge is 0.181 e. The molecule has 96 valence electrons. The van der Waals surface area contributed by atoms with Crippen molar-refractivity contribution in [3.8, 4) is 0 Å². The van der Waals surface area contributed by atoms with Crippen LogP contribution in [-0.4, -0.2) is 21.5 Å². The third-order valence-electron chi connectivity index (χ3n) is 2.68. The van der Waals surface area contributed by atoms with Crippen LogP contribution in [-0.2, 0) is 6.42 Å². The molecule has 0 aliphatic heterocycles. The number of nitrogens with one attached hydrogen (secondary N) is 1. The topological polar surface area (TPSA) is 89.9 Å². The Morgan fingerprint density at radius 2 is 2.16 bits per heavy atom. The molecule has 19 heavy (non-hydrogen) atoms. The molecule has 3 rings (SSSR count). The fraction of sp³-hybridized carbons (Fsp3) is 0.154. The summed E-state index contributed by atoms with van der Waals surface area (Å²) in [4.78, 5) is 12.6. The summed E-state index contributed by atoms with van der Waals surface area (Å²) >= 11 is 0. The van der Waals surface area contributed by atoms with Crippen molar-refractivity contribution in [2.45, 2.75) is 6.42 Å². The zero-order chi connectivity index (χ0) is 13.1. The second-order valence-electron chi connectivity index (χ2n) is 4.06. The molecule has 0 unspecified atom stereocenters. The molecule has 0 atom stereocenters. The molecule has 0 aliphatic carbocycles. The Kier molecular flexibility index (Phi) is 3.07. The van der Waals surface area contributed by atoms with E-state index in [0.29, 0.717) is 13.0 Å². The number of anilines is 2. The van der Waals surface area contributed by atoms with Gasteiger partial charge in [0, 0.05) is 24.4 Å². The van der Waals surface area contributed by atoms with E-state index in [9.17, 15) is 0 Å². The van der Waals surface area contributed by atoms with E-state index in [1.54, 1.807) is 6.20 Å². The minimum Gasteiger partial charge on any atom is -0.443 e. The van der Waals surface area contributed by atoms with Gasteiger partial charge in [0.25, 0.3) is 0 Å². The lowest BCUT2D eigenvalue weighted by molar-refractivity contribution is 0.602. The van der Waals surface area contributed by atoms with Crippen LogP contribution in [0.2, 0.25) is 0 Å². The predicted octanol–water partition coefficient (Wildman–Crippen LogP) is 1.86. The molecule has 0 spiro atoms. The summed E-state index contributed by atoms with van der Waals surface area (Å²) in [5.74, 6) is 1.46. The number of benzene rings is 1. The zero-order valence-electron chi connectivity index (χ0n) is 10.2. The first kappa shape index (κ1) is 11.6. The SMILES string of the molecule is NCCc1nccc(Nc2ccc3ncoc3c2)n1. The van der Waals surface area contributed by atoms with Crippen LogP contribution in [0.25, 0.3) is 11.1 Å². The Morgan fingerprint density at radius 3 is 3.05 bits per heavy atom. The van der Waals surface area contributed by atoms with Crippen molar-refractivity contribution >= 4 is 22.6 Å². The Bertz CT molecular complexity index is 694. The zero-order valence-corrected chi connectivity index (χ0v) is 10.2. The fourth-order valence-electron chi connectivity index (χ4n) is 1.80. The lowest BCUT2D eigenvalue weighted by Gasteiger charge is -2.06. The van der Waals surface area contributed by atoms with Gasteiger partial charge in [-0.15, -0.1) is 0 Å². The molecular formula is C13H13N5O. The molecular weight excluding hydrogens is 242 g/mol. The predicted molar refractivity (Wildman–Crippen MR) is 72.1 cm³/mol. The minimum absolute atomic E-state index is 0.535. The van der Waals surface area contributed by atoms with Crippen LogP contribution in [0.15, 0.2) is 41.3 Å². The van der Waals surface area contributed by atoms with Crippen LogP contribution in [0.5, 0.6) is 0 Å². The van der Waals surface area contributed by atoms with Crippen molar-refractivity contribution in [1.82, 2.24) is 15.0 Å². The van der Waals surface area contributed by atoms with Gasteiger partial charge in [0.15, 0.2) is 12.0 Å². The molecule has 6 nitrogen and oxygen atoms in total. The van der Waals surface area contributed by atoms with Crippen molar-refractivity contribution in [1.29, 1.82) is 0 Å². The van der Waals surface area contributed by atoms with Crippen LogP contribution in [0.3, 0.4) is 0 Å². The van der Waals surface area contributed by atoms with Gasteiger partial charge in [0.05, 0.1) is 0 Å². The molecule has 1 aromatic carbocycles. The van der Waals surface area contributed by atoms with Gasteiger partial charge < -0.3 is 15.5 Å². The summed E-state index contributed by atoms with van der Waals surface area (Å²) in [6.07, 6.45) is 3.81. The highest BCUT2D eigenvalue weighted by Crippen LogP contribution is 2.20. The van der Waals surface area contributed by atoms with E-state index in [1.165, 1.54) is 6.39 Å². The van der Waals surface area contributed by atoms with Crippen molar-refractivity contribution < 1.29 is 4.42 Å². The van der Waals surface area contributed by atoms with E-state index < -0.39 is 0 Å². The number of nitrogens with two attached hydrogens (primary N) is 1. The molecule has 0 fully saturated rings. The lowest BCUT2D eigenvalue weighted by Crippen LogP contribution is -2.07. The van der Waals surface area contributed by atoms with Gasteiger partial charge in [-0.05, 0) is 24.7 Å². The monoisotopic (exact) mass is 255 g/mol. The number of aromatic nitrogens is 3. The summed E-state index contributed by atoms with van der Waals surface area (Å²) in [7, 11) is 0. The Labute approximate surface area is 109 Å². The number of oxazole rings is 1. The Balaban J connectivity index is 1.85. The first-order chi connectivity index (χ1) is 9.35. The van der Waals surface area contributed by atoms with Gasteiger partial charge in [0.2, 0.25) is 0 Å². The number of nitrogens with zero attached hydrogens (tertiary/aromatic N) is 3. The molecule has 0 radical (unpaired) electrons. The highest BCUT2D eigenvalue weighted by Gasteiger charge is 2.02. The standard InChI is InChI=1S/C13H13N5O/c14-5-3-12-15-6-4-13(18-12)17-9-1-2-10-11(7-9)19-8-16-10/h1-2,4,6-8H,3,5,14H2,(H,15,17,18). The van der Waals surface area contributed by atoms with Gasteiger partial charge in [-0.25, -0.2) is 15.0 Å². The number of hydrogen-bond donors (Lipinski definition) is 2. The molecule has 2 heterocycles. The maximum absolute atomic E-state index is 5.49. The summed E-state index contributed by atoms with van der Waals surface area (Å²) in [6.45, 7) is 0.535. The van der Waals surface area contributed by atoms with E-state index in [-0.39, 0.29) is 0 Å². The van der Waals surface area contributed by atoms with E-state index in [0.717, 1.165) is 28.4 Å². The normalized spacial score (nSPS) is 10.8. The van der Waals surface area contributed by atoms with Gasteiger partial charge in [-0.3, -0.25) is 0 Å². The van der Waals surface area contributed by atoms with Crippen molar-refractivity contribution in [2.24, 2.45) is 5.73 Å². The van der Waals surface area contributed by atoms with Crippen LogP contribution in [0.4, 0.5) is 11.5 Å². The van der Waals surface area contributed by atoms with E-state index >= 15 is 0 Å². The molecule has 0 aliphatic rings. The lowest BCUT2D eigenvalue weighted by atomic mass is 10.3. The maximum Gasteiger partial charge on any atom is 0.181 e. The van der Waals surface area contributed by atoms with E-state index in [2.05, 4.69) is 20.3 Å². The van der Waals surface area contributed by atoms with Crippen LogP contribution >= 0.6 is 0 Å². The first-order valence-corrected chi connectivity index (χ1v) is 5.97. The van der Waals surface area contributed by atoms with E-state index in [4.69, 9.17) is 10.2 Å². The molecule has 0 saturated carbocycles. The summed E-state index contributed by atoms with van der Waals surface area (Å²) in [5.41, 5.74) is 7.95. The quantitative estimate of drug-likeness (QED) is 0.739. The van der Waals surface area contributed by atoms with Gasteiger partial charge in [0.1, 0.15) is 17.2 Å². The van der Waals surface area contributed by atoms with Crippen molar-refractivity contribution in [3.63, 3.8) is 0 Å². The molecule has 2 aromatic heterocycles. The first-order valence-electron chi connectivity index (χ1n) is 5.97. The van der Waals surface area contributed by atoms with Gasteiger partial charge in [-0.1, -0.05) is 0 Å². The fourth-order valence-corrected chi connectivity index (χ4v) is 1.80. The third kappa shape index (κ3) is 2.53. The molecule has 6 heteroatoms. The average molecular weight is 255 g/mol.